The van der Waals surface area contributed by atoms with Gasteiger partial charge >= 0.3 is 12.1 Å². The van der Waals surface area contributed by atoms with E-state index in [0.29, 0.717) is 24.7 Å². The fourth-order valence-corrected chi connectivity index (χ4v) is 4.75. The summed E-state index contributed by atoms with van der Waals surface area (Å²) in [5.41, 5.74) is -2.46. The molecule has 0 radical (unpaired) electrons. The van der Waals surface area contributed by atoms with Crippen LogP contribution in [-0.2, 0) is 15.7 Å². The summed E-state index contributed by atoms with van der Waals surface area (Å²) in [4.78, 5) is 12.4. The minimum atomic E-state index is -4.96. The Morgan fingerprint density at radius 1 is 1.13 bits per heavy atom. The summed E-state index contributed by atoms with van der Waals surface area (Å²) in [6.07, 6.45) is 2.18. The van der Waals surface area contributed by atoms with Crippen LogP contribution in [-0.4, -0.2) is 24.8 Å². The van der Waals surface area contributed by atoms with E-state index in [4.69, 9.17) is 9.47 Å². The molecule has 7 heteroatoms. The normalized spacial score (nSPS) is 27.7. The molecule has 0 aromatic heterocycles. The van der Waals surface area contributed by atoms with Gasteiger partial charge in [-0.3, -0.25) is 0 Å². The molecule has 2 atom stereocenters. The Labute approximate surface area is 175 Å². The van der Waals surface area contributed by atoms with Crippen LogP contribution in [0.1, 0.15) is 79.8 Å². The van der Waals surface area contributed by atoms with Gasteiger partial charge in [-0.15, -0.1) is 0 Å². The Balaban J connectivity index is 1.56. The van der Waals surface area contributed by atoms with Crippen molar-refractivity contribution in [2.45, 2.75) is 83.6 Å². The van der Waals surface area contributed by atoms with Crippen molar-refractivity contribution in [1.82, 2.24) is 0 Å². The second kappa shape index (κ2) is 9.67. The van der Waals surface area contributed by atoms with Gasteiger partial charge in [0.2, 0.25) is 0 Å². The third-order valence-corrected chi connectivity index (χ3v) is 6.46. The summed E-state index contributed by atoms with van der Waals surface area (Å²) in [7, 11) is 0. The highest BCUT2D eigenvalue weighted by Gasteiger charge is 2.40. The van der Waals surface area contributed by atoms with Gasteiger partial charge in [-0.2, -0.15) is 13.2 Å². The Hall–Kier alpha value is -1.63. The molecule has 1 aliphatic carbocycles. The van der Waals surface area contributed by atoms with Crippen molar-refractivity contribution in [2.75, 3.05) is 6.61 Å². The van der Waals surface area contributed by atoms with Crippen molar-refractivity contribution >= 4 is 5.97 Å². The molecule has 30 heavy (non-hydrogen) atoms. The first-order chi connectivity index (χ1) is 14.2. The average Bonchev–Trinajstić information content (AvgIpc) is 2.70. The van der Waals surface area contributed by atoms with Gasteiger partial charge < -0.3 is 9.47 Å². The third kappa shape index (κ3) is 5.34. The van der Waals surface area contributed by atoms with Crippen LogP contribution in [0, 0.1) is 24.6 Å². The lowest BCUT2D eigenvalue weighted by Gasteiger charge is -2.37. The molecular weight excluding hydrogens is 400 g/mol. The molecule has 2 fully saturated rings. The summed E-state index contributed by atoms with van der Waals surface area (Å²) in [5.74, 6) is -1.50. The monoisotopic (exact) mass is 430 g/mol. The SMILES string of the molecule is CCCC1CCC(C2CCC(OC(=O)c3ccc(C)c(F)c3C(F)(F)F)CC2)OC1. The van der Waals surface area contributed by atoms with Gasteiger partial charge in [0.05, 0.1) is 11.7 Å². The molecule has 1 saturated heterocycles. The molecule has 2 aliphatic rings. The molecule has 0 spiro atoms. The standard InChI is InChI=1S/C23H30F4O3/c1-3-4-15-6-12-19(29-13-15)16-7-9-17(10-8-16)30-22(28)18-11-5-14(2)21(24)20(18)23(25,26)27/h5,11,15-17,19H,3-4,6-10,12-13H2,1-2H3. The maximum Gasteiger partial charge on any atom is 0.420 e. The van der Waals surface area contributed by atoms with Gasteiger partial charge in [0.1, 0.15) is 17.5 Å². The Bertz CT molecular complexity index is 731. The minimum absolute atomic E-state index is 0.159. The molecule has 3 rings (SSSR count). The second-order valence-corrected chi connectivity index (χ2v) is 8.66. The molecule has 168 valence electrons. The van der Waals surface area contributed by atoms with E-state index in [1.807, 2.05) is 0 Å². The lowest BCUT2D eigenvalue weighted by molar-refractivity contribution is -0.140. The van der Waals surface area contributed by atoms with Gasteiger partial charge in [0, 0.05) is 6.61 Å². The van der Waals surface area contributed by atoms with Gasteiger partial charge in [-0.25, -0.2) is 9.18 Å². The minimum Gasteiger partial charge on any atom is -0.459 e. The van der Waals surface area contributed by atoms with E-state index in [2.05, 4.69) is 6.92 Å². The number of esters is 1. The van der Waals surface area contributed by atoms with Crippen molar-refractivity contribution in [2.24, 2.45) is 11.8 Å². The Morgan fingerprint density at radius 3 is 2.40 bits per heavy atom. The number of ether oxygens (including phenoxy) is 2. The fraction of sp³-hybridized carbons (Fsp3) is 0.696. The third-order valence-electron chi connectivity index (χ3n) is 6.46. The summed E-state index contributed by atoms with van der Waals surface area (Å²) < 4.78 is 65.4. The highest BCUT2D eigenvalue weighted by atomic mass is 19.4. The zero-order valence-electron chi connectivity index (χ0n) is 17.6. The number of hydrogen-bond donors (Lipinski definition) is 0. The van der Waals surface area contributed by atoms with Crippen LogP contribution < -0.4 is 0 Å². The van der Waals surface area contributed by atoms with E-state index in [-0.39, 0.29) is 11.7 Å². The van der Waals surface area contributed by atoms with Gasteiger partial charge in [0.15, 0.2) is 0 Å². The lowest BCUT2D eigenvalue weighted by Crippen LogP contribution is -2.36. The van der Waals surface area contributed by atoms with E-state index in [1.165, 1.54) is 25.8 Å². The van der Waals surface area contributed by atoms with Crippen LogP contribution in [0.3, 0.4) is 0 Å². The maximum atomic E-state index is 14.1. The first-order valence-corrected chi connectivity index (χ1v) is 10.9. The number of alkyl halides is 3. The summed E-state index contributed by atoms with van der Waals surface area (Å²) in [6.45, 7) is 4.21. The molecule has 3 nitrogen and oxygen atoms in total. The number of benzene rings is 1. The van der Waals surface area contributed by atoms with Crippen LogP contribution in [0.2, 0.25) is 0 Å². The predicted octanol–water partition coefficient (Wildman–Crippen LogP) is 6.46. The quantitative estimate of drug-likeness (QED) is 0.397. The highest BCUT2D eigenvalue weighted by Crippen LogP contribution is 2.38. The van der Waals surface area contributed by atoms with E-state index in [9.17, 15) is 22.4 Å². The van der Waals surface area contributed by atoms with Crippen molar-refractivity contribution in [3.8, 4) is 0 Å². The molecule has 1 heterocycles. The van der Waals surface area contributed by atoms with Crippen molar-refractivity contribution in [1.29, 1.82) is 0 Å². The average molecular weight is 430 g/mol. The van der Waals surface area contributed by atoms with Crippen LogP contribution in [0.4, 0.5) is 17.6 Å². The van der Waals surface area contributed by atoms with Crippen molar-refractivity contribution in [3.05, 3.63) is 34.6 Å². The predicted molar refractivity (Wildman–Crippen MR) is 105 cm³/mol. The number of halogens is 4. The summed E-state index contributed by atoms with van der Waals surface area (Å²) >= 11 is 0. The van der Waals surface area contributed by atoms with E-state index >= 15 is 0 Å². The Kier molecular flexibility index (Phi) is 7.43. The van der Waals surface area contributed by atoms with Crippen LogP contribution in [0.5, 0.6) is 0 Å². The molecule has 0 bridgehead atoms. The molecule has 0 amide bonds. The molecule has 1 aromatic rings. The number of aryl methyl sites for hydroxylation is 1. The largest absolute Gasteiger partial charge is 0.459 e. The van der Waals surface area contributed by atoms with Crippen LogP contribution in [0.25, 0.3) is 0 Å². The topological polar surface area (TPSA) is 35.5 Å². The van der Waals surface area contributed by atoms with Gasteiger partial charge in [-0.1, -0.05) is 19.4 Å². The van der Waals surface area contributed by atoms with E-state index < -0.39 is 35.2 Å². The fourth-order valence-electron chi connectivity index (χ4n) is 4.75. The van der Waals surface area contributed by atoms with Crippen LogP contribution >= 0.6 is 0 Å². The number of hydrogen-bond acceptors (Lipinski definition) is 3. The highest BCUT2D eigenvalue weighted by molar-refractivity contribution is 5.91. The maximum absolute atomic E-state index is 14.1. The van der Waals surface area contributed by atoms with Crippen molar-refractivity contribution in [3.63, 3.8) is 0 Å². The molecule has 1 saturated carbocycles. The van der Waals surface area contributed by atoms with Crippen molar-refractivity contribution < 1.29 is 31.8 Å². The zero-order chi connectivity index (χ0) is 21.9. The molecule has 0 N–H and O–H groups in total. The van der Waals surface area contributed by atoms with Gasteiger partial charge in [-0.05, 0) is 75.3 Å². The first-order valence-electron chi connectivity index (χ1n) is 10.9. The van der Waals surface area contributed by atoms with E-state index in [1.54, 1.807) is 0 Å². The number of carbonyl (C=O) groups excluding carboxylic acids is 1. The molecule has 1 aliphatic heterocycles. The van der Waals surface area contributed by atoms with Crippen LogP contribution in [0.15, 0.2) is 12.1 Å². The van der Waals surface area contributed by atoms with Gasteiger partial charge in [0.25, 0.3) is 0 Å². The molecular formula is C23H30F4O3. The Morgan fingerprint density at radius 2 is 1.83 bits per heavy atom. The zero-order valence-corrected chi connectivity index (χ0v) is 17.6. The first kappa shape index (κ1) is 23.0. The summed E-state index contributed by atoms with van der Waals surface area (Å²) in [5, 5.41) is 0. The lowest BCUT2D eigenvalue weighted by atomic mass is 9.80. The number of rotatable bonds is 5. The molecule has 1 aromatic carbocycles. The smallest absolute Gasteiger partial charge is 0.420 e. The number of carbonyl (C=O) groups is 1. The molecule has 2 unspecified atom stereocenters. The summed E-state index contributed by atoms with van der Waals surface area (Å²) in [6, 6.07) is 2.17. The van der Waals surface area contributed by atoms with E-state index in [0.717, 1.165) is 38.4 Å². The second-order valence-electron chi connectivity index (χ2n) is 8.66.